The minimum atomic E-state index is 0.125. The van der Waals surface area contributed by atoms with E-state index in [0.717, 1.165) is 50.2 Å². The zero-order valence-corrected chi connectivity index (χ0v) is 15.0. The van der Waals surface area contributed by atoms with E-state index in [0.29, 0.717) is 11.8 Å². The summed E-state index contributed by atoms with van der Waals surface area (Å²) in [6.45, 7) is 2.49. The third-order valence-corrected chi connectivity index (χ3v) is 5.99. The third-order valence-electron chi connectivity index (χ3n) is 5.99. The SMILES string of the molecule is COc1ccnc(N2CCC(C(=O)NCC[C@@H]3C[C@H]3C3CC3)CC2)n1. The van der Waals surface area contributed by atoms with Crippen LogP contribution in [0.1, 0.15) is 38.5 Å². The third kappa shape index (κ3) is 4.05. The van der Waals surface area contributed by atoms with Crippen LogP contribution < -0.4 is 15.0 Å². The molecule has 1 saturated heterocycles. The molecule has 2 aliphatic carbocycles. The van der Waals surface area contributed by atoms with Crippen molar-refractivity contribution in [2.75, 3.05) is 31.6 Å². The lowest BCUT2D eigenvalue weighted by Crippen LogP contribution is -2.41. The van der Waals surface area contributed by atoms with E-state index >= 15 is 0 Å². The van der Waals surface area contributed by atoms with Gasteiger partial charge in [0.25, 0.3) is 0 Å². The number of carbonyl (C=O) groups is 1. The Morgan fingerprint density at radius 1 is 1.32 bits per heavy atom. The van der Waals surface area contributed by atoms with Crippen molar-refractivity contribution in [1.82, 2.24) is 15.3 Å². The monoisotopic (exact) mass is 344 g/mol. The highest BCUT2D eigenvalue weighted by atomic mass is 16.5. The standard InChI is InChI=1S/C19H28N4O2/c1-25-17-5-9-21-19(22-17)23-10-6-14(7-11-23)18(24)20-8-4-15-12-16(15)13-2-3-13/h5,9,13-16H,2-4,6-8,10-12H2,1H3,(H,20,24)/t15-,16+/m1/s1. The number of piperidine rings is 1. The number of nitrogens with one attached hydrogen (secondary N) is 1. The minimum Gasteiger partial charge on any atom is -0.481 e. The number of nitrogens with zero attached hydrogens (tertiary/aromatic N) is 3. The number of amides is 1. The van der Waals surface area contributed by atoms with Gasteiger partial charge in [0.2, 0.25) is 17.7 Å². The zero-order chi connectivity index (χ0) is 17.2. The predicted molar refractivity (Wildman–Crippen MR) is 95.5 cm³/mol. The summed E-state index contributed by atoms with van der Waals surface area (Å²) in [5.41, 5.74) is 0. The van der Waals surface area contributed by atoms with Gasteiger partial charge >= 0.3 is 0 Å². The largest absolute Gasteiger partial charge is 0.481 e. The van der Waals surface area contributed by atoms with Gasteiger partial charge in [-0.3, -0.25) is 4.79 Å². The van der Waals surface area contributed by atoms with Crippen molar-refractivity contribution >= 4 is 11.9 Å². The fourth-order valence-corrected chi connectivity index (χ4v) is 4.17. The van der Waals surface area contributed by atoms with E-state index in [1.807, 2.05) is 0 Å². The molecule has 2 atom stereocenters. The molecule has 2 saturated carbocycles. The molecule has 136 valence electrons. The molecule has 1 aromatic rings. The number of aromatic nitrogens is 2. The molecule has 3 fully saturated rings. The molecule has 25 heavy (non-hydrogen) atoms. The average Bonchev–Trinajstić information content (AvgIpc) is 3.55. The first kappa shape index (κ1) is 16.6. The van der Waals surface area contributed by atoms with Crippen LogP contribution in [0.5, 0.6) is 5.88 Å². The smallest absolute Gasteiger partial charge is 0.228 e. The van der Waals surface area contributed by atoms with Crippen LogP contribution in [0.15, 0.2) is 12.3 Å². The van der Waals surface area contributed by atoms with Gasteiger partial charge < -0.3 is 15.0 Å². The van der Waals surface area contributed by atoms with Gasteiger partial charge in [-0.1, -0.05) is 0 Å². The summed E-state index contributed by atoms with van der Waals surface area (Å²) >= 11 is 0. The number of anilines is 1. The number of carbonyl (C=O) groups excluding carboxylic acids is 1. The molecule has 0 bridgehead atoms. The molecule has 1 amide bonds. The molecule has 2 heterocycles. The number of hydrogen-bond acceptors (Lipinski definition) is 5. The van der Waals surface area contributed by atoms with Crippen LogP contribution in [-0.2, 0) is 4.79 Å². The van der Waals surface area contributed by atoms with Crippen LogP contribution in [0.4, 0.5) is 5.95 Å². The average molecular weight is 344 g/mol. The number of methoxy groups -OCH3 is 1. The Morgan fingerprint density at radius 3 is 2.84 bits per heavy atom. The Kier molecular flexibility index (Phi) is 4.77. The summed E-state index contributed by atoms with van der Waals surface area (Å²) in [5.74, 6) is 4.54. The maximum Gasteiger partial charge on any atom is 0.228 e. The molecule has 4 rings (SSSR count). The summed E-state index contributed by atoms with van der Waals surface area (Å²) in [6.07, 6.45) is 8.91. The molecule has 6 heteroatoms. The Labute approximate surface area is 149 Å². The fourth-order valence-electron chi connectivity index (χ4n) is 4.17. The lowest BCUT2D eigenvalue weighted by molar-refractivity contribution is -0.125. The number of hydrogen-bond donors (Lipinski definition) is 1. The van der Waals surface area contributed by atoms with Crippen molar-refractivity contribution < 1.29 is 9.53 Å². The molecular formula is C19H28N4O2. The molecule has 3 aliphatic rings. The first-order valence-electron chi connectivity index (χ1n) is 9.64. The second-order valence-electron chi connectivity index (χ2n) is 7.74. The normalized spacial score (nSPS) is 26.4. The summed E-state index contributed by atoms with van der Waals surface area (Å²) in [5, 5.41) is 3.17. The van der Waals surface area contributed by atoms with Gasteiger partial charge in [0, 0.05) is 37.8 Å². The molecule has 1 aromatic heterocycles. The maximum atomic E-state index is 12.4. The van der Waals surface area contributed by atoms with E-state index in [2.05, 4.69) is 20.2 Å². The molecule has 0 spiro atoms. The van der Waals surface area contributed by atoms with Crippen LogP contribution in [-0.4, -0.2) is 42.6 Å². The van der Waals surface area contributed by atoms with E-state index in [9.17, 15) is 4.79 Å². The Balaban J connectivity index is 1.18. The van der Waals surface area contributed by atoms with Crippen LogP contribution in [0.25, 0.3) is 0 Å². The summed E-state index contributed by atoms with van der Waals surface area (Å²) < 4.78 is 5.16. The van der Waals surface area contributed by atoms with Gasteiger partial charge in [-0.15, -0.1) is 0 Å². The predicted octanol–water partition coefficient (Wildman–Crippen LogP) is 2.25. The van der Waals surface area contributed by atoms with Crippen LogP contribution in [0.3, 0.4) is 0 Å². The lowest BCUT2D eigenvalue weighted by Gasteiger charge is -2.31. The minimum absolute atomic E-state index is 0.125. The molecule has 0 aromatic carbocycles. The van der Waals surface area contributed by atoms with Crippen molar-refractivity contribution in [2.45, 2.75) is 38.5 Å². The van der Waals surface area contributed by atoms with Gasteiger partial charge in [-0.05, 0) is 56.3 Å². The number of rotatable bonds is 7. The zero-order valence-electron chi connectivity index (χ0n) is 15.0. The lowest BCUT2D eigenvalue weighted by atomic mass is 9.96. The van der Waals surface area contributed by atoms with Gasteiger partial charge in [-0.25, -0.2) is 4.98 Å². The Hall–Kier alpha value is -1.85. The van der Waals surface area contributed by atoms with Crippen molar-refractivity contribution in [3.05, 3.63) is 12.3 Å². The molecule has 1 N–H and O–H groups in total. The van der Waals surface area contributed by atoms with Crippen LogP contribution in [0.2, 0.25) is 0 Å². The fraction of sp³-hybridized carbons (Fsp3) is 0.737. The van der Waals surface area contributed by atoms with E-state index in [4.69, 9.17) is 4.74 Å². The van der Waals surface area contributed by atoms with E-state index < -0.39 is 0 Å². The molecule has 1 aliphatic heterocycles. The van der Waals surface area contributed by atoms with Gasteiger partial charge in [0.15, 0.2) is 0 Å². The van der Waals surface area contributed by atoms with Crippen molar-refractivity contribution in [3.63, 3.8) is 0 Å². The highest BCUT2D eigenvalue weighted by molar-refractivity contribution is 5.78. The highest BCUT2D eigenvalue weighted by Gasteiger charge is 2.46. The molecule has 6 nitrogen and oxygen atoms in total. The summed E-state index contributed by atoms with van der Waals surface area (Å²) in [4.78, 5) is 23.2. The molecule has 0 unspecified atom stereocenters. The van der Waals surface area contributed by atoms with E-state index in [1.54, 1.807) is 19.4 Å². The van der Waals surface area contributed by atoms with Crippen molar-refractivity contribution in [1.29, 1.82) is 0 Å². The van der Waals surface area contributed by atoms with Gasteiger partial charge in [0.05, 0.1) is 7.11 Å². The highest BCUT2D eigenvalue weighted by Crippen LogP contribution is 2.55. The maximum absolute atomic E-state index is 12.4. The van der Waals surface area contributed by atoms with E-state index in [-0.39, 0.29) is 11.8 Å². The quantitative estimate of drug-likeness (QED) is 0.822. The van der Waals surface area contributed by atoms with Gasteiger partial charge in [-0.2, -0.15) is 4.98 Å². The molecule has 0 radical (unpaired) electrons. The van der Waals surface area contributed by atoms with Gasteiger partial charge in [0.1, 0.15) is 0 Å². The van der Waals surface area contributed by atoms with E-state index in [1.165, 1.54) is 25.7 Å². The first-order chi connectivity index (χ1) is 12.2. The summed E-state index contributed by atoms with van der Waals surface area (Å²) in [6, 6.07) is 1.75. The van der Waals surface area contributed by atoms with Crippen LogP contribution >= 0.6 is 0 Å². The van der Waals surface area contributed by atoms with Crippen LogP contribution in [0, 0.1) is 23.7 Å². The second-order valence-corrected chi connectivity index (χ2v) is 7.74. The topological polar surface area (TPSA) is 67.3 Å². The second kappa shape index (κ2) is 7.18. The summed E-state index contributed by atoms with van der Waals surface area (Å²) in [7, 11) is 1.61. The Bertz CT molecular complexity index is 611. The first-order valence-corrected chi connectivity index (χ1v) is 9.64. The molecular weight excluding hydrogens is 316 g/mol. The van der Waals surface area contributed by atoms with Crippen molar-refractivity contribution in [3.8, 4) is 5.88 Å². The number of ether oxygens (including phenoxy) is 1. The van der Waals surface area contributed by atoms with Crippen molar-refractivity contribution in [2.24, 2.45) is 23.7 Å². The Morgan fingerprint density at radius 2 is 2.12 bits per heavy atom.